The van der Waals surface area contributed by atoms with Crippen LogP contribution in [0.2, 0.25) is 0 Å². The van der Waals surface area contributed by atoms with Crippen molar-refractivity contribution in [2.75, 3.05) is 73.1 Å². The number of guanidine groups is 1. The number of ether oxygens (including phenoxy) is 2. The molecule has 186 valence electrons. The number of likely N-dealkylation sites (tertiary alicyclic amines) is 1. The van der Waals surface area contributed by atoms with Crippen molar-refractivity contribution >= 4 is 41.9 Å². The fourth-order valence-electron chi connectivity index (χ4n) is 3.42. The molecule has 2 fully saturated rings. The van der Waals surface area contributed by atoms with Gasteiger partial charge in [0.1, 0.15) is 12.1 Å². The van der Waals surface area contributed by atoms with E-state index in [1.165, 1.54) is 4.90 Å². The molecule has 0 radical (unpaired) electrons. The van der Waals surface area contributed by atoms with Gasteiger partial charge in [0.15, 0.2) is 5.96 Å². The molecular formula is C21H41IN6O4. The molecule has 0 aromatic rings. The van der Waals surface area contributed by atoms with E-state index in [2.05, 4.69) is 25.4 Å². The molecule has 2 saturated heterocycles. The van der Waals surface area contributed by atoms with Gasteiger partial charge < -0.3 is 29.9 Å². The molecular weight excluding hydrogens is 527 g/mol. The maximum atomic E-state index is 12.1. The lowest BCUT2D eigenvalue weighted by molar-refractivity contribution is -0.127. The molecule has 0 spiro atoms. The van der Waals surface area contributed by atoms with E-state index in [0.717, 1.165) is 58.8 Å². The zero-order chi connectivity index (χ0) is 22.9. The number of alkyl carbamates (subject to hydrolysis) is 1. The quantitative estimate of drug-likeness (QED) is 0.204. The fourth-order valence-corrected chi connectivity index (χ4v) is 3.42. The third-order valence-corrected chi connectivity index (χ3v) is 5.11. The molecule has 32 heavy (non-hydrogen) atoms. The first-order valence-corrected chi connectivity index (χ1v) is 11.2. The largest absolute Gasteiger partial charge is 0.444 e. The Morgan fingerprint density at radius 3 is 2.50 bits per heavy atom. The van der Waals surface area contributed by atoms with Crippen LogP contribution < -0.4 is 10.6 Å². The van der Waals surface area contributed by atoms with Crippen LogP contribution in [-0.4, -0.2) is 117 Å². The van der Waals surface area contributed by atoms with Gasteiger partial charge in [-0.15, -0.1) is 24.0 Å². The summed E-state index contributed by atoms with van der Waals surface area (Å²) < 4.78 is 10.8. The van der Waals surface area contributed by atoms with Crippen LogP contribution in [0.1, 0.15) is 33.6 Å². The summed E-state index contributed by atoms with van der Waals surface area (Å²) in [5.74, 6) is 0.668. The highest BCUT2D eigenvalue weighted by molar-refractivity contribution is 14.0. The minimum absolute atomic E-state index is 0. The number of likely N-dealkylation sites (N-methyl/N-ethyl adjacent to an activating group) is 1. The summed E-state index contributed by atoms with van der Waals surface area (Å²) in [6, 6.07) is -0.0141. The van der Waals surface area contributed by atoms with Gasteiger partial charge in [-0.2, -0.15) is 0 Å². The minimum Gasteiger partial charge on any atom is -0.444 e. The van der Waals surface area contributed by atoms with Gasteiger partial charge in [-0.25, -0.2) is 9.79 Å². The summed E-state index contributed by atoms with van der Waals surface area (Å²) in [4.78, 5) is 34.7. The molecule has 2 heterocycles. The van der Waals surface area contributed by atoms with Crippen LogP contribution in [0.5, 0.6) is 0 Å². The van der Waals surface area contributed by atoms with Gasteiger partial charge in [0.25, 0.3) is 0 Å². The average Bonchev–Trinajstić information content (AvgIpc) is 3.14. The number of nitrogens with zero attached hydrogens (tertiary/aromatic N) is 4. The van der Waals surface area contributed by atoms with Crippen LogP contribution in [0.25, 0.3) is 0 Å². The molecule has 1 atom stereocenters. The maximum absolute atomic E-state index is 12.1. The number of hydrogen-bond acceptors (Lipinski definition) is 6. The Kier molecular flexibility index (Phi) is 12.6. The Hall–Kier alpha value is -1.34. The smallest absolute Gasteiger partial charge is 0.407 e. The topological polar surface area (TPSA) is 98.7 Å². The van der Waals surface area contributed by atoms with Crippen LogP contribution in [-0.2, 0) is 14.3 Å². The summed E-state index contributed by atoms with van der Waals surface area (Å²) in [7, 11) is 3.45. The van der Waals surface area contributed by atoms with Crippen LogP contribution in [0.15, 0.2) is 4.99 Å². The van der Waals surface area contributed by atoms with Crippen molar-refractivity contribution < 1.29 is 19.1 Å². The number of morpholine rings is 1. The Morgan fingerprint density at radius 1 is 1.19 bits per heavy atom. The van der Waals surface area contributed by atoms with E-state index in [4.69, 9.17) is 9.47 Å². The first-order valence-electron chi connectivity index (χ1n) is 11.2. The number of carbonyl (C=O) groups excluding carboxylic acids is 2. The van der Waals surface area contributed by atoms with Crippen molar-refractivity contribution in [3.05, 3.63) is 0 Å². The Labute approximate surface area is 209 Å². The molecule has 11 heteroatoms. The Bertz CT molecular complexity index is 620. The molecule has 2 aliphatic heterocycles. The zero-order valence-corrected chi connectivity index (χ0v) is 22.5. The van der Waals surface area contributed by atoms with E-state index in [1.807, 2.05) is 20.8 Å². The number of amides is 2. The standard InChI is InChI=1S/C21H40N6O4.HI/c1-21(2,3)31-20(29)24-17-7-10-27(16-17)19(23-15-18(28)25(4)5)22-8-6-9-26-11-13-30-14-12-26;/h17H,6-16H2,1-5H3,(H,22,23)(H,24,29);1H. The van der Waals surface area contributed by atoms with Crippen molar-refractivity contribution in [3.63, 3.8) is 0 Å². The summed E-state index contributed by atoms with van der Waals surface area (Å²) in [5, 5.41) is 6.35. The lowest BCUT2D eigenvalue weighted by atomic mass is 10.2. The number of halogens is 1. The van der Waals surface area contributed by atoms with Crippen LogP contribution >= 0.6 is 24.0 Å². The first kappa shape index (κ1) is 28.7. The summed E-state index contributed by atoms with van der Waals surface area (Å²) in [5.41, 5.74) is -0.524. The number of hydrogen-bond donors (Lipinski definition) is 2. The van der Waals surface area contributed by atoms with E-state index in [-0.39, 0.29) is 42.5 Å². The second-order valence-corrected chi connectivity index (χ2v) is 9.24. The predicted molar refractivity (Wildman–Crippen MR) is 136 cm³/mol. The van der Waals surface area contributed by atoms with Gasteiger partial charge in [-0.05, 0) is 40.2 Å². The molecule has 0 aliphatic carbocycles. The number of nitrogens with one attached hydrogen (secondary N) is 2. The number of rotatable bonds is 7. The maximum Gasteiger partial charge on any atom is 0.407 e. The summed E-state index contributed by atoms with van der Waals surface area (Å²) in [6.07, 6.45) is 1.38. The normalized spacial score (nSPS) is 19.8. The minimum atomic E-state index is -0.524. The fraction of sp³-hybridized carbons (Fsp3) is 0.857. The van der Waals surface area contributed by atoms with Crippen LogP contribution in [0.4, 0.5) is 4.79 Å². The molecule has 0 aromatic carbocycles. The van der Waals surface area contributed by atoms with Gasteiger partial charge in [0.05, 0.1) is 19.3 Å². The molecule has 2 rings (SSSR count). The van der Waals surface area contributed by atoms with Crippen molar-refractivity contribution in [2.45, 2.75) is 45.3 Å². The monoisotopic (exact) mass is 568 g/mol. The van der Waals surface area contributed by atoms with E-state index >= 15 is 0 Å². The predicted octanol–water partition coefficient (Wildman–Crippen LogP) is 0.960. The third-order valence-electron chi connectivity index (χ3n) is 5.11. The van der Waals surface area contributed by atoms with Gasteiger partial charge >= 0.3 is 6.09 Å². The van der Waals surface area contributed by atoms with Gasteiger partial charge in [-0.3, -0.25) is 9.69 Å². The zero-order valence-electron chi connectivity index (χ0n) is 20.2. The van der Waals surface area contributed by atoms with Crippen LogP contribution in [0, 0.1) is 0 Å². The van der Waals surface area contributed by atoms with E-state index in [1.54, 1.807) is 14.1 Å². The number of aliphatic imine (C=N–C) groups is 1. The van der Waals surface area contributed by atoms with E-state index in [0.29, 0.717) is 12.5 Å². The Morgan fingerprint density at radius 2 is 1.88 bits per heavy atom. The van der Waals surface area contributed by atoms with Crippen molar-refractivity contribution in [3.8, 4) is 0 Å². The highest BCUT2D eigenvalue weighted by atomic mass is 127. The van der Waals surface area contributed by atoms with Gasteiger partial charge in [-0.1, -0.05) is 0 Å². The third kappa shape index (κ3) is 11.0. The van der Waals surface area contributed by atoms with Gasteiger partial charge in [0.2, 0.25) is 5.91 Å². The SMILES string of the molecule is CN(C)C(=O)CN=C(NCCCN1CCOCC1)N1CCC(NC(=O)OC(C)(C)C)C1.I. The molecule has 1 unspecified atom stereocenters. The molecule has 2 amide bonds. The molecule has 0 bridgehead atoms. The van der Waals surface area contributed by atoms with Crippen LogP contribution in [0.3, 0.4) is 0 Å². The highest BCUT2D eigenvalue weighted by Gasteiger charge is 2.28. The number of carbonyl (C=O) groups is 2. The second kappa shape index (κ2) is 14.0. The lowest BCUT2D eigenvalue weighted by Crippen LogP contribution is -2.45. The van der Waals surface area contributed by atoms with E-state index < -0.39 is 11.7 Å². The lowest BCUT2D eigenvalue weighted by Gasteiger charge is -2.27. The molecule has 0 aromatic heterocycles. The van der Waals surface area contributed by atoms with E-state index in [9.17, 15) is 9.59 Å². The van der Waals surface area contributed by atoms with Crippen molar-refractivity contribution in [1.29, 1.82) is 0 Å². The molecule has 2 N–H and O–H groups in total. The Balaban J connectivity index is 0.00000512. The molecule has 0 saturated carbocycles. The second-order valence-electron chi connectivity index (χ2n) is 9.24. The van der Waals surface area contributed by atoms with Crippen molar-refractivity contribution in [2.24, 2.45) is 4.99 Å². The summed E-state index contributed by atoms with van der Waals surface area (Å²) >= 11 is 0. The highest BCUT2D eigenvalue weighted by Crippen LogP contribution is 2.12. The summed E-state index contributed by atoms with van der Waals surface area (Å²) in [6.45, 7) is 12.3. The van der Waals surface area contributed by atoms with Crippen molar-refractivity contribution in [1.82, 2.24) is 25.3 Å². The average molecular weight is 569 g/mol. The van der Waals surface area contributed by atoms with Gasteiger partial charge in [0, 0.05) is 46.8 Å². The first-order chi connectivity index (χ1) is 14.6. The molecule has 2 aliphatic rings. The molecule has 10 nitrogen and oxygen atoms in total.